The molecule has 1 aliphatic rings. The molecule has 3 aromatic heterocycles. The lowest BCUT2D eigenvalue weighted by molar-refractivity contribution is 0.101. The molecule has 142 valence electrons. The van der Waals surface area contributed by atoms with Crippen molar-refractivity contribution in [1.82, 2.24) is 24.4 Å². The van der Waals surface area contributed by atoms with Gasteiger partial charge in [-0.25, -0.2) is 18.3 Å². The number of amides is 1. The Balaban J connectivity index is 1.60. The third kappa shape index (κ3) is 3.41. The van der Waals surface area contributed by atoms with Gasteiger partial charge >= 0.3 is 0 Å². The van der Waals surface area contributed by atoms with Crippen molar-refractivity contribution >= 4 is 17.2 Å². The average molecular weight is 374 g/mol. The molecule has 1 amide bonds. The maximum atomic E-state index is 13.5. The van der Waals surface area contributed by atoms with Crippen molar-refractivity contribution < 1.29 is 13.6 Å². The van der Waals surface area contributed by atoms with Crippen LogP contribution in [0.15, 0.2) is 30.7 Å². The van der Waals surface area contributed by atoms with Crippen molar-refractivity contribution in [3.8, 4) is 0 Å². The number of nitrogens with zero attached hydrogens (tertiary/aromatic N) is 5. The SMILES string of the molecule is CC1CCC(n2cc(NC(=O)c3cnc4cccnn34)c(C(F)F)n2)CC1. The van der Waals surface area contributed by atoms with Crippen LogP contribution in [0.25, 0.3) is 5.65 Å². The fourth-order valence-corrected chi connectivity index (χ4v) is 3.53. The molecule has 0 spiro atoms. The van der Waals surface area contributed by atoms with Crippen LogP contribution in [0.4, 0.5) is 14.5 Å². The highest BCUT2D eigenvalue weighted by atomic mass is 19.3. The fraction of sp³-hybridized carbons (Fsp3) is 0.444. The van der Waals surface area contributed by atoms with Crippen molar-refractivity contribution in [2.45, 2.75) is 45.1 Å². The lowest BCUT2D eigenvalue weighted by Gasteiger charge is -2.26. The molecule has 1 N–H and O–H groups in total. The first-order valence-electron chi connectivity index (χ1n) is 9.00. The van der Waals surface area contributed by atoms with Crippen molar-refractivity contribution in [2.24, 2.45) is 5.92 Å². The Morgan fingerprint density at radius 2 is 2.07 bits per heavy atom. The van der Waals surface area contributed by atoms with Crippen LogP contribution in [-0.2, 0) is 0 Å². The van der Waals surface area contributed by atoms with Gasteiger partial charge in [0, 0.05) is 12.4 Å². The molecule has 1 aliphatic carbocycles. The Kier molecular flexibility index (Phi) is 4.59. The van der Waals surface area contributed by atoms with Crippen LogP contribution in [0.5, 0.6) is 0 Å². The van der Waals surface area contributed by atoms with Crippen LogP contribution in [-0.4, -0.2) is 30.3 Å². The van der Waals surface area contributed by atoms with E-state index in [-0.39, 0.29) is 17.4 Å². The fourth-order valence-electron chi connectivity index (χ4n) is 3.53. The van der Waals surface area contributed by atoms with Crippen LogP contribution >= 0.6 is 0 Å². The van der Waals surface area contributed by atoms with Gasteiger partial charge in [-0.15, -0.1) is 0 Å². The van der Waals surface area contributed by atoms with Crippen molar-refractivity contribution in [3.05, 3.63) is 42.1 Å². The van der Waals surface area contributed by atoms with E-state index in [1.54, 1.807) is 16.8 Å². The summed E-state index contributed by atoms with van der Waals surface area (Å²) in [5.41, 5.74) is 0.289. The van der Waals surface area contributed by atoms with E-state index in [1.807, 2.05) is 0 Å². The lowest BCUT2D eigenvalue weighted by Crippen LogP contribution is -2.17. The van der Waals surface area contributed by atoms with Gasteiger partial charge < -0.3 is 5.32 Å². The molecule has 27 heavy (non-hydrogen) atoms. The molecule has 0 unspecified atom stereocenters. The summed E-state index contributed by atoms with van der Waals surface area (Å²) in [6.07, 6.45) is 5.52. The van der Waals surface area contributed by atoms with E-state index >= 15 is 0 Å². The zero-order valence-electron chi connectivity index (χ0n) is 14.8. The summed E-state index contributed by atoms with van der Waals surface area (Å²) >= 11 is 0. The van der Waals surface area contributed by atoms with Crippen LogP contribution in [0.3, 0.4) is 0 Å². The molecule has 0 saturated heterocycles. The zero-order valence-corrected chi connectivity index (χ0v) is 14.8. The highest BCUT2D eigenvalue weighted by Gasteiger charge is 2.26. The van der Waals surface area contributed by atoms with Gasteiger partial charge in [0.2, 0.25) is 0 Å². The van der Waals surface area contributed by atoms with Gasteiger partial charge in [0.1, 0.15) is 0 Å². The minimum Gasteiger partial charge on any atom is -0.317 e. The first-order valence-corrected chi connectivity index (χ1v) is 9.00. The molecule has 0 radical (unpaired) electrons. The summed E-state index contributed by atoms with van der Waals surface area (Å²) in [6, 6.07) is 3.49. The number of halogens is 2. The Bertz CT molecular complexity index is 958. The highest BCUT2D eigenvalue weighted by Crippen LogP contribution is 2.34. The number of aromatic nitrogens is 5. The molecule has 9 heteroatoms. The summed E-state index contributed by atoms with van der Waals surface area (Å²) in [5.74, 6) is 0.0908. The van der Waals surface area contributed by atoms with E-state index in [0.717, 1.165) is 25.7 Å². The van der Waals surface area contributed by atoms with E-state index in [4.69, 9.17) is 0 Å². The normalized spacial score (nSPS) is 20.3. The van der Waals surface area contributed by atoms with Gasteiger partial charge in [-0.3, -0.25) is 9.48 Å². The van der Waals surface area contributed by atoms with Crippen LogP contribution in [0.2, 0.25) is 0 Å². The van der Waals surface area contributed by atoms with E-state index < -0.39 is 18.0 Å². The summed E-state index contributed by atoms with van der Waals surface area (Å²) < 4.78 is 29.9. The van der Waals surface area contributed by atoms with E-state index in [0.29, 0.717) is 11.6 Å². The number of imidazole rings is 1. The van der Waals surface area contributed by atoms with Gasteiger partial charge in [0.05, 0.1) is 17.9 Å². The van der Waals surface area contributed by atoms with Crippen LogP contribution in [0, 0.1) is 5.92 Å². The molecule has 3 heterocycles. The number of hydrogen-bond acceptors (Lipinski definition) is 4. The number of anilines is 1. The van der Waals surface area contributed by atoms with E-state index in [2.05, 4.69) is 27.4 Å². The molecular weight excluding hydrogens is 354 g/mol. The molecular formula is C18H20F2N6O. The number of alkyl halides is 2. The molecule has 3 aromatic rings. The number of nitrogens with one attached hydrogen (secondary N) is 1. The first kappa shape index (κ1) is 17.6. The van der Waals surface area contributed by atoms with E-state index in [1.165, 1.54) is 23.1 Å². The second kappa shape index (κ2) is 7.05. The van der Waals surface area contributed by atoms with Gasteiger partial charge in [-0.05, 0) is 43.7 Å². The van der Waals surface area contributed by atoms with Gasteiger partial charge in [-0.2, -0.15) is 10.2 Å². The summed E-state index contributed by atoms with van der Waals surface area (Å²) in [7, 11) is 0. The monoisotopic (exact) mass is 374 g/mol. The second-order valence-electron chi connectivity index (χ2n) is 7.01. The van der Waals surface area contributed by atoms with Gasteiger partial charge in [-0.1, -0.05) is 6.92 Å². The molecule has 0 atom stereocenters. The molecule has 0 aliphatic heterocycles. The average Bonchev–Trinajstić information content (AvgIpc) is 3.26. The minimum atomic E-state index is -2.77. The second-order valence-corrected chi connectivity index (χ2v) is 7.01. The molecule has 1 fully saturated rings. The van der Waals surface area contributed by atoms with Crippen molar-refractivity contribution in [2.75, 3.05) is 5.32 Å². The third-order valence-electron chi connectivity index (χ3n) is 5.09. The van der Waals surface area contributed by atoms with Crippen LogP contribution < -0.4 is 5.32 Å². The molecule has 1 saturated carbocycles. The van der Waals surface area contributed by atoms with E-state index in [9.17, 15) is 13.6 Å². The number of carbonyl (C=O) groups is 1. The quantitative estimate of drug-likeness (QED) is 0.752. The lowest BCUT2D eigenvalue weighted by atomic mass is 9.87. The first-order chi connectivity index (χ1) is 13.0. The Hall–Kier alpha value is -2.84. The summed E-state index contributed by atoms with van der Waals surface area (Å²) in [6.45, 7) is 2.19. The predicted octanol–water partition coefficient (Wildman–Crippen LogP) is 3.87. The number of fused-ring (bicyclic) bond motifs is 1. The summed E-state index contributed by atoms with van der Waals surface area (Å²) in [4.78, 5) is 16.7. The molecule has 0 aromatic carbocycles. The van der Waals surface area contributed by atoms with Crippen molar-refractivity contribution in [1.29, 1.82) is 0 Å². The maximum Gasteiger partial charge on any atom is 0.284 e. The Morgan fingerprint density at radius 1 is 1.30 bits per heavy atom. The molecule has 7 nitrogen and oxygen atoms in total. The third-order valence-corrected chi connectivity index (χ3v) is 5.09. The minimum absolute atomic E-state index is 0.0273. The largest absolute Gasteiger partial charge is 0.317 e. The highest BCUT2D eigenvalue weighted by molar-refractivity contribution is 6.03. The topological polar surface area (TPSA) is 77.1 Å². The number of hydrogen-bond donors (Lipinski definition) is 1. The molecule has 4 rings (SSSR count). The van der Waals surface area contributed by atoms with Crippen LogP contribution in [0.1, 0.15) is 61.3 Å². The Morgan fingerprint density at radius 3 is 2.81 bits per heavy atom. The van der Waals surface area contributed by atoms with Crippen molar-refractivity contribution in [3.63, 3.8) is 0 Å². The predicted molar refractivity (Wildman–Crippen MR) is 94.8 cm³/mol. The zero-order chi connectivity index (χ0) is 19.0. The summed E-state index contributed by atoms with van der Waals surface area (Å²) in [5, 5.41) is 10.7. The Labute approximate surface area is 154 Å². The van der Waals surface area contributed by atoms with Gasteiger partial charge in [0.15, 0.2) is 17.0 Å². The smallest absolute Gasteiger partial charge is 0.284 e. The number of rotatable bonds is 4. The molecule has 0 bridgehead atoms. The standard InChI is InChI=1S/C18H20F2N6O/c1-11-4-6-12(7-5-11)25-10-13(16(24-25)17(19)20)23-18(27)14-9-21-15-3-2-8-22-26(14)15/h2-3,8-12,17H,4-7H2,1H3,(H,23,27). The number of carbonyl (C=O) groups excluding carboxylic acids is 1. The maximum absolute atomic E-state index is 13.5. The van der Waals surface area contributed by atoms with Gasteiger partial charge in [0.25, 0.3) is 12.3 Å².